The van der Waals surface area contributed by atoms with Crippen LogP contribution in [-0.2, 0) is 6.54 Å². The number of nitrogens with zero attached hydrogens (tertiary/aromatic N) is 1. The van der Waals surface area contributed by atoms with Gasteiger partial charge in [0.2, 0.25) is 0 Å². The van der Waals surface area contributed by atoms with Gasteiger partial charge in [-0.3, -0.25) is 4.79 Å². The second kappa shape index (κ2) is 7.37. The van der Waals surface area contributed by atoms with Gasteiger partial charge < -0.3 is 9.88 Å². The van der Waals surface area contributed by atoms with Crippen LogP contribution in [0.5, 0.6) is 0 Å². The van der Waals surface area contributed by atoms with Crippen LogP contribution in [0.25, 0.3) is 0 Å². The van der Waals surface area contributed by atoms with E-state index in [1.165, 1.54) is 0 Å². The minimum Gasteiger partial charge on any atom is -0.385 e. The van der Waals surface area contributed by atoms with Crippen molar-refractivity contribution in [3.05, 3.63) is 28.2 Å². The summed E-state index contributed by atoms with van der Waals surface area (Å²) >= 11 is 0. The highest BCUT2D eigenvalue weighted by Gasteiger charge is 2.04. The SMILES string of the molecule is Cc1cc(NCCC(C)C)cc(=O)n1CCC(C)C. The van der Waals surface area contributed by atoms with Gasteiger partial charge in [-0.25, -0.2) is 0 Å². The van der Waals surface area contributed by atoms with E-state index in [0.717, 1.165) is 37.3 Å². The Labute approximate surface area is 117 Å². The van der Waals surface area contributed by atoms with Crippen molar-refractivity contribution in [2.75, 3.05) is 11.9 Å². The van der Waals surface area contributed by atoms with Crippen LogP contribution in [0.2, 0.25) is 0 Å². The fourth-order valence-corrected chi connectivity index (χ4v) is 2.01. The van der Waals surface area contributed by atoms with E-state index in [-0.39, 0.29) is 5.56 Å². The maximum absolute atomic E-state index is 12.1. The van der Waals surface area contributed by atoms with Crippen LogP contribution in [0.4, 0.5) is 5.69 Å². The van der Waals surface area contributed by atoms with Gasteiger partial charge >= 0.3 is 0 Å². The van der Waals surface area contributed by atoms with Crippen LogP contribution in [0.3, 0.4) is 0 Å². The Kier molecular flexibility index (Phi) is 6.13. The predicted molar refractivity (Wildman–Crippen MR) is 82.8 cm³/mol. The summed E-state index contributed by atoms with van der Waals surface area (Å²) < 4.78 is 1.87. The monoisotopic (exact) mass is 264 g/mol. The lowest BCUT2D eigenvalue weighted by molar-refractivity contribution is 0.502. The average molecular weight is 264 g/mol. The normalized spacial score (nSPS) is 11.3. The number of anilines is 1. The third-order valence-electron chi connectivity index (χ3n) is 3.32. The first-order valence-corrected chi connectivity index (χ1v) is 7.35. The molecule has 0 atom stereocenters. The Bertz CT molecular complexity index is 447. The first-order chi connectivity index (χ1) is 8.90. The molecule has 1 N–H and O–H groups in total. The van der Waals surface area contributed by atoms with Crippen LogP contribution in [-0.4, -0.2) is 11.1 Å². The average Bonchev–Trinajstić information content (AvgIpc) is 2.26. The molecule has 0 radical (unpaired) electrons. The molecule has 0 amide bonds. The van der Waals surface area contributed by atoms with E-state index >= 15 is 0 Å². The lowest BCUT2D eigenvalue weighted by Crippen LogP contribution is -2.23. The van der Waals surface area contributed by atoms with Crippen molar-refractivity contribution < 1.29 is 0 Å². The Morgan fingerprint density at radius 1 is 1.11 bits per heavy atom. The van der Waals surface area contributed by atoms with E-state index in [9.17, 15) is 4.79 Å². The van der Waals surface area contributed by atoms with Crippen molar-refractivity contribution in [2.45, 2.75) is 54.0 Å². The molecule has 1 aromatic rings. The highest BCUT2D eigenvalue weighted by Crippen LogP contribution is 2.10. The number of aromatic nitrogens is 1. The maximum Gasteiger partial charge on any atom is 0.252 e. The topological polar surface area (TPSA) is 34.0 Å². The lowest BCUT2D eigenvalue weighted by atomic mass is 10.1. The molecule has 1 rings (SSSR count). The molecule has 0 aliphatic carbocycles. The molecule has 3 nitrogen and oxygen atoms in total. The molecule has 0 unspecified atom stereocenters. The molecule has 0 saturated heterocycles. The molecule has 0 saturated carbocycles. The van der Waals surface area contributed by atoms with E-state index in [0.29, 0.717) is 11.8 Å². The highest BCUT2D eigenvalue weighted by molar-refractivity contribution is 5.43. The molecular weight excluding hydrogens is 236 g/mol. The summed E-state index contributed by atoms with van der Waals surface area (Å²) in [4.78, 5) is 12.1. The third-order valence-corrected chi connectivity index (χ3v) is 3.32. The fourth-order valence-electron chi connectivity index (χ4n) is 2.01. The Balaban J connectivity index is 2.71. The summed E-state index contributed by atoms with van der Waals surface area (Å²) in [7, 11) is 0. The summed E-state index contributed by atoms with van der Waals surface area (Å²) in [6, 6.07) is 3.79. The van der Waals surface area contributed by atoms with E-state index in [1.54, 1.807) is 6.07 Å². The van der Waals surface area contributed by atoms with Crippen molar-refractivity contribution in [1.29, 1.82) is 0 Å². The molecule has 0 aliphatic heterocycles. The smallest absolute Gasteiger partial charge is 0.252 e. The number of pyridine rings is 1. The Morgan fingerprint density at radius 2 is 1.74 bits per heavy atom. The van der Waals surface area contributed by atoms with Gasteiger partial charge in [-0.2, -0.15) is 0 Å². The van der Waals surface area contributed by atoms with Gasteiger partial charge in [0.05, 0.1) is 0 Å². The quantitative estimate of drug-likeness (QED) is 0.815. The summed E-state index contributed by atoms with van der Waals surface area (Å²) in [6.45, 7) is 12.5. The summed E-state index contributed by atoms with van der Waals surface area (Å²) in [5.41, 5.74) is 2.09. The number of nitrogens with one attached hydrogen (secondary N) is 1. The Hall–Kier alpha value is -1.25. The summed E-state index contributed by atoms with van der Waals surface area (Å²) in [5, 5.41) is 3.34. The third kappa shape index (κ3) is 5.50. The molecular formula is C16H28N2O. The highest BCUT2D eigenvalue weighted by atomic mass is 16.1. The van der Waals surface area contributed by atoms with Crippen molar-refractivity contribution in [3.8, 4) is 0 Å². The zero-order valence-electron chi connectivity index (χ0n) is 13.0. The van der Waals surface area contributed by atoms with Crippen molar-refractivity contribution in [3.63, 3.8) is 0 Å². The minimum absolute atomic E-state index is 0.104. The van der Waals surface area contributed by atoms with Crippen LogP contribution < -0.4 is 10.9 Å². The van der Waals surface area contributed by atoms with Crippen LogP contribution in [0.15, 0.2) is 16.9 Å². The van der Waals surface area contributed by atoms with Crippen LogP contribution in [0.1, 0.15) is 46.2 Å². The van der Waals surface area contributed by atoms with Gasteiger partial charge in [-0.1, -0.05) is 27.7 Å². The van der Waals surface area contributed by atoms with Gasteiger partial charge in [0.25, 0.3) is 5.56 Å². The molecule has 0 fully saturated rings. The van der Waals surface area contributed by atoms with Gasteiger partial charge in [-0.15, -0.1) is 0 Å². The molecule has 108 valence electrons. The summed E-state index contributed by atoms with van der Waals surface area (Å²) in [6.07, 6.45) is 2.16. The van der Waals surface area contributed by atoms with Crippen molar-refractivity contribution in [2.24, 2.45) is 11.8 Å². The zero-order chi connectivity index (χ0) is 14.4. The predicted octanol–water partition coefficient (Wildman–Crippen LogP) is 3.66. The molecule has 3 heteroatoms. The first kappa shape index (κ1) is 15.8. The molecule has 0 bridgehead atoms. The van der Waals surface area contributed by atoms with E-state index < -0.39 is 0 Å². The molecule has 1 aromatic heterocycles. The zero-order valence-corrected chi connectivity index (χ0v) is 13.0. The van der Waals surface area contributed by atoms with Crippen LogP contribution in [0, 0.1) is 18.8 Å². The molecule has 19 heavy (non-hydrogen) atoms. The van der Waals surface area contributed by atoms with Crippen LogP contribution >= 0.6 is 0 Å². The lowest BCUT2D eigenvalue weighted by Gasteiger charge is -2.14. The largest absolute Gasteiger partial charge is 0.385 e. The van der Waals surface area contributed by atoms with Crippen molar-refractivity contribution >= 4 is 5.69 Å². The number of aryl methyl sites for hydroxylation is 1. The molecule has 0 spiro atoms. The number of rotatable bonds is 7. The number of hydrogen-bond donors (Lipinski definition) is 1. The van der Waals surface area contributed by atoms with E-state index in [2.05, 4.69) is 39.1 Å². The first-order valence-electron chi connectivity index (χ1n) is 7.35. The van der Waals surface area contributed by atoms with Gasteiger partial charge in [0.15, 0.2) is 0 Å². The minimum atomic E-state index is 0.104. The van der Waals surface area contributed by atoms with Crippen molar-refractivity contribution in [1.82, 2.24) is 4.57 Å². The molecule has 1 heterocycles. The van der Waals surface area contributed by atoms with Gasteiger partial charge in [-0.05, 0) is 37.7 Å². The van der Waals surface area contributed by atoms with Gasteiger partial charge in [0.1, 0.15) is 0 Å². The summed E-state index contributed by atoms with van der Waals surface area (Å²) in [5.74, 6) is 1.30. The number of hydrogen-bond acceptors (Lipinski definition) is 2. The standard InChI is InChI=1S/C16H28N2O/c1-12(2)6-8-17-15-10-14(5)18(16(19)11-15)9-7-13(3)4/h10-13,17H,6-9H2,1-5H3. The Morgan fingerprint density at radius 3 is 2.26 bits per heavy atom. The molecule has 0 aliphatic rings. The van der Waals surface area contributed by atoms with E-state index in [4.69, 9.17) is 0 Å². The molecule has 0 aromatic carbocycles. The second-order valence-corrected chi connectivity index (χ2v) is 6.17. The second-order valence-electron chi connectivity index (χ2n) is 6.17. The fraction of sp³-hybridized carbons (Fsp3) is 0.688. The maximum atomic E-state index is 12.1. The van der Waals surface area contributed by atoms with Gasteiger partial charge in [0, 0.05) is 30.5 Å². The van der Waals surface area contributed by atoms with E-state index in [1.807, 2.05) is 11.5 Å².